The Morgan fingerprint density at radius 3 is 2.56 bits per heavy atom. The predicted molar refractivity (Wildman–Crippen MR) is 130 cm³/mol. The predicted octanol–water partition coefficient (Wildman–Crippen LogP) is 2.21. The number of nitrogens with one attached hydrogen (secondary N) is 3. The van der Waals surface area contributed by atoms with Crippen LogP contribution < -0.4 is 15.4 Å². The number of carbonyl (C=O) groups excluding carboxylic acids is 3. The fourth-order valence-corrected chi connectivity index (χ4v) is 5.25. The standard InChI is InChI=1S/C21H24N4O9S2/c1-3-33-21(28)19-14(12-4-5-12)11-35-20(19)24-17(26)10-34-18(27)9-23-36(31,32)13-6-7-15(22-2)16(8-13)25(29)30/h6-8,11-12,22-23H,3-5,9-10H2,1-2H3,(H,24,26). The summed E-state index contributed by atoms with van der Waals surface area (Å²) in [6, 6.07) is 3.21. The number of anilines is 2. The number of nitro groups is 1. The Balaban J connectivity index is 1.56. The summed E-state index contributed by atoms with van der Waals surface area (Å²) in [5.74, 6) is -2.08. The van der Waals surface area contributed by atoms with Gasteiger partial charge in [0.05, 0.1) is 22.0 Å². The van der Waals surface area contributed by atoms with Crippen LogP contribution in [0.25, 0.3) is 0 Å². The molecule has 1 aliphatic rings. The molecule has 1 aromatic heterocycles. The van der Waals surface area contributed by atoms with Crippen molar-refractivity contribution in [3.8, 4) is 0 Å². The summed E-state index contributed by atoms with van der Waals surface area (Å²) >= 11 is 1.16. The molecule has 1 aromatic carbocycles. The van der Waals surface area contributed by atoms with Crippen molar-refractivity contribution in [2.45, 2.75) is 30.6 Å². The normalized spacial score (nSPS) is 13.1. The van der Waals surface area contributed by atoms with E-state index >= 15 is 0 Å². The molecule has 2 aromatic rings. The van der Waals surface area contributed by atoms with Gasteiger partial charge < -0.3 is 20.1 Å². The van der Waals surface area contributed by atoms with Crippen molar-refractivity contribution in [3.63, 3.8) is 0 Å². The van der Waals surface area contributed by atoms with Gasteiger partial charge in [0.15, 0.2) is 6.61 Å². The molecule has 0 aliphatic heterocycles. The lowest BCUT2D eigenvalue weighted by atomic mass is 10.1. The summed E-state index contributed by atoms with van der Waals surface area (Å²) in [4.78, 5) is 46.6. The lowest BCUT2D eigenvalue weighted by Crippen LogP contribution is -2.32. The number of nitrogens with zero attached hydrogens (tertiary/aromatic N) is 1. The van der Waals surface area contributed by atoms with Crippen LogP contribution in [0.5, 0.6) is 0 Å². The number of thiophene rings is 1. The Morgan fingerprint density at radius 1 is 1.22 bits per heavy atom. The highest BCUT2D eigenvalue weighted by molar-refractivity contribution is 7.89. The minimum Gasteiger partial charge on any atom is -0.462 e. The molecule has 1 aliphatic carbocycles. The number of ether oxygens (including phenoxy) is 2. The number of carbonyl (C=O) groups is 3. The second-order valence-electron chi connectivity index (χ2n) is 7.61. The van der Waals surface area contributed by atoms with Gasteiger partial charge in [-0.1, -0.05) is 0 Å². The Kier molecular flexibility index (Phi) is 8.60. The molecule has 1 saturated carbocycles. The van der Waals surface area contributed by atoms with E-state index in [1.54, 1.807) is 12.3 Å². The van der Waals surface area contributed by atoms with E-state index in [0.717, 1.165) is 41.9 Å². The Labute approximate surface area is 210 Å². The number of benzene rings is 1. The first-order chi connectivity index (χ1) is 17.1. The minimum atomic E-state index is -4.28. The minimum absolute atomic E-state index is 0.116. The number of sulfonamides is 1. The SMILES string of the molecule is CCOC(=O)c1c(C2CC2)csc1NC(=O)COC(=O)CNS(=O)(=O)c1ccc(NC)c([N+](=O)[O-])c1. The molecule has 0 spiro atoms. The van der Waals surface area contributed by atoms with Crippen molar-refractivity contribution >= 4 is 55.6 Å². The maximum atomic E-state index is 12.4. The van der Waals surface area contributed by atoms with Crippen LogP contribution in [0.4, 0.5) is 16.4 Å². The van der Waals surface area contributed by atoms with Crippen LogP contribution in [0.3, 0.4) is 0 Å². The van der Waals surface area contributed by atoms with Gasteiger partial charge in [-0.3, -0.25) is 19.7 Å². The van der Waals surface area contributed by atoms with Gasteiger partial charge in [0, 0.05) is 13.1 Å². The lowest BCUT2D eigenvalue weighted by Gasteiger charge is -2.10. The zero-order chi connectivity index (χ0) is 26.5. The number of esters is 2. The highest BCUT2D eigenvalue weighted by Crippen LogP contribution is 2.46. The van der Waals surface area contributed by atoms with Crippen LogP contribution in [-0.2, 0) is 29.1 Å². The molecule has 15 heteroatoms. The average Bonchev–Trinajstić information content (AvgIpc) is 3.61. The highest BCUT2D eigenvalue weighted by Gasteiger charge is 2.32. The second-order valence-corrected chi connectivity index (χ2v) is 10.3. The molecular formula is C21H24N4O9S2. The average molecular weight is 541 g/mol. The number of hydrogen-bond acceptors (Lipinski definition) is 11. The molecule has 0 atom stereocenters. The van der Waals surface area contributed by atoms with Crippen molar-refractivity contribution < 1.29 is 37.2 Å². The Hall–Kier alpha value is -3.56. The van der Waals surface area contributed by atoms with Crippen LogP contribution in [0, 0.1) is 10.1 Å². The zero-order valence-corrected chi connectivity index (χ0v) is 21.0. The first-order valence-electron chi connectivity index (χ1n) is 10.8. The molecule has 13 nitrogen and oxygen atoms in total. The highest BCUT2D eigenvalue weighted by atomic mass is 32.2. The largest absolute Gasteiger partial charge is 0.462 e. The lowest BCUT2D eigenvalue weighted by molar-refractivity contribution is -0.384. The molecule has 0 unspecified atom stereocenters. The smallest absolute Gasteiger partial charge is 0.341 e. The van der Waals surface area contributed by atoms with Gasteiger partial charge in [0.25, 0.3) is 11.6 Å². The van der Waals surface area contributed by atoms with E-state index in [1.807, 2.05) is 4.72 Å². The molecule has 1 fully saturated rings. The van der Waals surface area contributed by atoms with E-state index in [4.69, 9.17) is 9.47 Å². The van der Waals surface area contributed by atoms with Crippen LogP contribution in [0.1, 0.15) is 41.6 Å². The van der Waals surface area contributed by atoms with Gasteiger partial charge in [-0.25, -0.2) is 13.2 Å². The first kappa shape index (κ1) is 27.0. The number of amides is 1. The monoisotopic (exact) mass is 540 g/mol. The maximum Gasteiger partial charge on any atom is 0.341 e. The summed E-state index contributed by atoms with van der Waals surface area (Å²) in [6.45, 7) is 0.316. The Bertz CT molecular complexity index is 1290. The van der Waals surface area contributed by atoms with Crippen LogP contribution in [-0.4, -0.2) is 58.0 Å². The third-order valence-corrected chi connectivity index (χ3v) is 7.40. The zero-order valence-electron chi connectivity index (χ0n) is 19.4. The molecule has 194 valence electrons. The van der Waals surface area contributed by atoms with Gasteiger partial charge in [0.1, 0.15) is 17.2 Å². The van der Waals surface area contributed by atoms with Crippen LogP contribution in [0.15, 0.2) is 28.5 Å². The summed E-state index contributed by atoms with van der Waals surface area (Å²) in [5, 5.41) is 18.3. The van der Waals surface area contributed by atoms with Crippen molar-refractivity contribution in [3.05, 3.63) is 44.8 Å². The van der Waals surface area contributed by atoms with Crippen molar-refractivity contribution in [2.75, 3.05) is 37.4 Å². The molecular weight excluding hydrogens is 516 g/mol. The number of nitro benzene ring substituents is 1. The van der Waals surface area contributed by atoms with E-state index in [1.165, 1.54) is 13.1 Å². The maximum absolute atomic E-state index is 12.4. The topological polar surface area (TPSA) is 183 Å². The van der Waals surface area contributed by atoms with Crippen LogP contribution in [0.2, 0.25) is 0 Å². The second kappa shape index (κ2) is 11.5. The third-order valence-electron chi connectivity index (χ3n) is 5.09. The summed E-state index contributed by atoms with van der Waals surface area (Å²) in [5.41, 5.74) is 0.754. The molecule has 0 radical (unpaired) electrons. The van der Waals surface area contributed by atoms with Gasteiger partial charge >= 0.3 is 11.9 Å². The molecule has 36 heavy (non-hydrogen) atoms. The fraction of sp³-hybridized carbons (Fsp3) is 0.381. The van der Waals surface area contributed by atoms with E-state index in [2.05, 4.69) is 10.6 Å². The van der Waals surface area contributed by atoms with E-state index in [0.29, 0.717) is 0 Å². The third kappa shape index (κ3) is 6.56. The number of rotatable bonds is 12. The first-order valence-corrected chi connectivity index (χ1v) is 13.1. The van der Waals surface area contributed by atoms with Crippen molar-refractivity contribution in [1.82, 2.24) is 4.72 Å². The van der Waals surface area contributed by atoms with Gasteiger partial charge in [-0.05, 0) is 48.8 Å². The van der Waals surface area contributed by atoms with Crippen molar-refractivity contribution in [1.29, 1.82) is 0 Å². The quantitative estimate of drug-likeness (QED) is 0.205. The van der Waals surface area contributed by atoms with Gasteiger partial charge in [-0.15, -0.1) is 11.3 Å². The van der Waals surface area contributed by atoms with Gasteiger partial charge in [0.2, 0.25) is 10.0 Å². The molecule has 3 rings (SSSR count). The van der Waals surface area contributed by atoms with E-state index in [9.17, 15) is 32.9 Å². The van der Waals surface area contributed by atoms with Gasteiger partial charge in [-0.2, -0.15) is 4.72 Å². The van der Waals surface area contributed by atoms with Crippen LogP contribution >= 0.6 is 11.3 Å². The fourth-order valence-electron chi connectivity index (χ4n) is 3.21. The van der Waals surface area contributed by atoms with E-state index < -0.39 is 56.5 Å². The van der Waals surface area contributed by atoms with Crippen molar-refractivity contribution in [2.24, 2.45) is 0 Å². The number of hydrogen-bond donors (Lipinski definition) is 3. The van der Waals surface area contributed by atoms with E-state index in [-0.39, 0.29) is 28.8 Å². The summed E-state index contributed by atoms with van der Waals surface area (Å²) in [6.07, 6.45) is 1.88. The molecule has 0 bridgehead atoms. The molecule has 3 N–H and O–H groups in total. The Morgan fingerprint density at radius 2 is 1.94 bits per heavy atom. The molecule has 0 saturated heterocycles. The molecule has 1 amide bonds. The summed E-state index contributed by atoms with van der Waals surface area (Å²) in [7, 11) is -2.83. The molecule has 1 heterocycles. The summed E-state index contributed by atoms with van der Waals surface area (Å²) < 4.78 is 36.7.